The van der Waals surface area contributed by atoms with E-state index < -0.39 is 11.8 Å². The van der Waals surface area contributed by atoms with Gasteiger partial charge in [-0.25, -0.2) is 9.59 Å². The van der Waals surface area contributed by atoms with Crippen LogP contribution in [0.5, 0.6) is 0 Å². The molecule has 0 amide bonds. The Morgan fingerprint density at radius 2 is 2.12 bits per heavy atom. The lowest BCUT2D eigenvalue weighted by molar-refractivity contribution is 0.149. The van der Waals surface area contributed by atoms with E-state index in [0.29, 0.717) is 10.5 Å². The van der Waals surface area contributed by atoms with Crippen molar-refractivity contribution in [2.24, 2.45) is 0 Å². The number of nitrogens with one attached hydrogen (secondary N) is 1. The van der Waals surface area contributed by atoms with Crippen LogP contribution in [-0.4, -0.2) is 27.5 Å². The van der Waals surface area contributed by atoms with Gasteiger partial charge in [0.2, 0.25) is 0 Å². The lowest BCUT2D eigenvalue weighted by Gasteiger charge is -1.97. The molecule has 2 rings (SSSR count). The van der Waals surface area contributed by atoms with E-state index in [4.69, 9.17) is 4.74 Å². The number of carbonyl (C=O) groups is 1. The maximum atomic E-state index is 11.5. The molecule has 0 aliphatic rings. The maximum absolute atomic E-state index is 11.5. The maximum Gasteiger partial charge on any atom is 0.439 e. The number of H-pyrrole nitrogens is 1. The molecule has 0 saturated carbocycles. The van der Waals surface area contributed by atoms with Crippen LogP contribution in [0.3, 0.4) is 0 Å². The molecule has 0 spiro atoms. The minimum absolute atomic E-state index is 0.193. The van der Waals surface area contributed by atoms with Gasteiger partial charge in [0.15, 0.2) is 5.82 Å². The van der Waals surface area contributed by atoms with Gasteiger partial charge in [0.1, 0.15) is 0 Å². The first-order valence-electron chi connectivity index (χ1n) is 5.14. The topological polar surface area (TPSA) is 77.0 Å². The van der Waals surface area contributed by atoms with Crippen molar-refractivity contribution in [1.82, 2.24) is 14.8 Å². The Morgan fingerprint density at radius 1 is 1.41 bits per heavy atom. The minimum atomic E-state index is -0.782. The van der Waals surface area contributed by atoms with Gasteiger partial charge in [-0.3, -0.25) is 4.98 Å². The Hall–Kier alpha value is -2.37. The molecule has 2 aromatic rings. The summed E-state index contributed by atoms with van der Waals surface area (Å²) in [5, 5.41) is 3.87. The highest BCUT2D eigenvalue weighted by Gasteiger charge is 2.13. The molecule has 0 unspecified atom stereocenters. The number of benzene rings is 1. The number of rotatable bonds is 2. The Morgan fingerprint density at radius 3 is 2.76 bits per heavy atom. The summed E-state index contributed by atoms with van der Waals surface area (Å²) in [6.45, 7) is 1.85. The van der Waals surface area contributed by atoms with Gasteiger partial charge in [-0.1, -0.05) is 30.3 Å². The van der Waals surface area contributed by atoms with E-state index in [0.717, 1.165) is 5.56 Å². The van der Waals surface area contributed by atoms with Crippen LogP contribution in [-0.2, 0) is 4.74 Å². The molecule has 0 fully saturated rings. The van der Waals surface area contributed by atoms with Crippen LogP contribution in [0.15, 0.2) is 35.1 Å². The molecular formula is C11H11N3O3. The normalized spacial score (nSPS) is 10.2. The number of hydrogen-bond donors (Lipinski definition) is 1. The van der Waals surface area contributed by atoms with Crippen molar-refractivity contribution in [1.29, 1.82) is 0 Å². The average molecular weight is 233 g/mol. The van der Waals surface area contributed by atoms with Gasteiger partial charge in [0.25, 0.3) is 0 Å². The lowest BCUT2D eigenvalue weighted by atomic mass is 10.2. The number of carbonyl (C=O) groups excluding carboxylic acids is 1. The Bertz CT molecular complexity index is 571. The first kappa shape index (κ1) is 11.1. The molecule has 1 aromatic heterocycles. The van der Waals surface area contributed by atoms with Crippen LogP contribution in [0, 0.1) is 0 Å². The van der Waals surface area contributed by atoms with Crippen molar-refractivity contribution in [3.8, 4) is 11.4 Å². The summed E-state index contributed by atoms with van der Waals surface area (Å²) in [4.78, 5) is 25.3. The molecule has 1 heterocycles. The quantitative estimate of drug-likeness (QED) is 0.846. The van der Waals surface area contributed by atoms with Crippen LogP contribution in [0.4, 0.5) is 4.79 Å². The molecule has 6 heteroatoms. The number of aromatic nitrogens is 3. The molecule has 1 N–H and O–H groups in total. The van der Waals surface area contributed by atoms with E-state index in [2.05, 4.69) is 10.1 Å². The Labute approximate surface area is 96.8 Å². The van der Waals surface area contributed by atoms with Gasteiger partial charge in [0, 0.05) is 5.56 Å². The highest BCUT2D eigenvalue weighted by Crippen LogP contribution is 2.11. The van der Waals surface area contributed by atoms with Gasteiger partial charge in [-0.15, -0.1) is 9.78 Å². The predicted molar refractivity (Wildman–Crippen MR) is 60.7 cm³/mol. The van der Waals surface area contributed by atoms with E-state index in [9.17, 15) is 9.59 Å². The molecule has 0 bridgehead atoms. The number of aromatic amines is 1. The molecule has 0 saturated heterocycles. The largest absolute Gasteiger partial charge is 0.448 e. The second-order valence-corrected chi connectivity index (χ2v) is 3.26. The third-order valence-electron chi connectivity index (χ3n) is 2.11. The summed E-state index contributed by atoms with van der Waals surface area (Å²) in [5.74, 6) is 0.337. The van der Waals surface area contributed by atoms with Crippen molar-refractivity contribution < 1.29 is 9.53 Å². The van der Waals surface area contributed by atoms with Crippen molar-refractivity contribution in [2.75, 3.05) is 6.61 Å². The predicted octanol–water partition coefficient (Wildman–Crippen LogP) is 1.24. The summed E-state index contributed by atoms with van der Waals surface area (Å²) < 4.78 is 5.37. The number of ether oxygens (including phenoxy) is 1. The first-order valence-corrected chi connectivity index (χ1v) is 5.14. The summed E-state index contributed by atoms with van der Waals surface area (Å²) in [6.07, 6.45) is -0.782. The molecule has 0 radical (unpaired) electrons. The molecular weight excluding hydrogens is 222 g/mol. The van der Waals surface area contributed by atoms with Gasteiger partial charge in [-0.2, -0.15) is 0 Å². The van der Waals surface area contributed by atoms with E-state index in [1.165, 1.54) is 0 Å². The van der Waals surface area contributed by atoms with Gasteiger partial charge < -0.3 is 4.74 Å². The highest BCUT2D eigenvalue weighted by molar-refractivity contribution is 5.69. The zero-order chi connectivity index (χ0) is 12.3. The minimum Gasteiger partial charge on any atom is -0.448 e. The molecule has 17 heavy (non-hydrogen) atoms. The standard InChI is InChI=1S/C11H11N3O3/c1-2-17-11(16)14-10(15)12-9(13-14)8-6-4-3-5-7-8/h3-7H,2H2,1H3,(H,12,13,15). The van der Waals surface area contributed by atoms with Crippen LogP contribution >= 0.6 is 0 Å². The van der Waals surface area contributed by atoms with Crippen LogP contribution in [0.1, 0.15) is 6.92 Å². The van der Waals surface area contributed by atoms with E-state index in [1.54, 1.807) is 19.1 Å². The van der Waals surface area contributed by atoms with Crippen molar-refractivity contribution >= 4 is 6.09 Å². The fourth-order valence-corrected chi connectivity index (χ4v) is 1.36. The molecule has 6 nitrogen and oxygen atoms in total. The van der Waals surface area contributed by atoms with Crippen LogP contribution in [0.2, 0.25) is 0 Å². The third-order valence-corrected chi connectivity index (χ3v) is 2.11. The fourth-order valence-electron chi connectivity index (χ4n) is 1.36. The van der Waals surface area contributed by atoms with Gasteiger partial charge >= 0.3 is 11.8 Å². The highest BCUT2D eigenvalue weighted by atomic mass is 16.6. The summed E-state index contributed by atoms with van der Waals surface area (Å²) in [5.41, 5.74) is 0.120. The second-order valence-electron chi connectivity index (χ2n) is 3.26. The summed E-state index contributed by atoms with van der Waals surface area (Å²) in [7, 11) is 0. The van der Waals surface area contributed by atoms with Crippen LogP contribution in [0.25, 0.3) is 11.4 Å². The third kappa shape index (κ3) is 2.25. The smallest absolute Gasteiger partial charge is 0.439 e. The van der Waals surface area contributed by atoms with Crippen molar-refractivity contribution in [3.05, 3.63) is 40.8 Å². The van der Waals surface area contributed by atoms with E-state index in [1.807, 2.05) is 18.2 Å². The number of nitrogens with zero attached hydrogens (tertiary/aromatic N) is 2. The molecule has 88 valence electrons. The van der Waals surface area contributed by atoms with Crippen molar-refractivity contribution in [2.45, 2.75) is 6.92 Å². The molecule has 0 atom stereocenters. The Balaban J connectivity index is 2.38. The zero-order valence-electron chi connectivity index (χ0n) is 9.21. The molecule has 0 aliphatic carbocycles. The zero-order valence-corrected chi connectivity index (χ0v) is 9.21. The lowest BCUT2D eigenvalue weighted by Crippen LogP contribution is -2.26. The number of hydrogen-bond acceptors (Lipinski definition) is 4. The SMILES string of the molecule is CCOC(=O)n1nc(-c2ccccc2)[nH]c1=O. The van der Waals surface area contributed by atoms with Gasteiger partial charge in [0.05, 0.1) is 6.61 Å². The van der Waals surface area contributed by atoms with Crippen LogP contribution < -0.4 is 5.69 Å². The monoisotopic (exact) mass is 233 g/mol. The first-order chi connectivity index (χ1) is 8.22. The summed E-state index contributed by atoms with van der Waals surface area (Å²) >= 11 is 0. The van der Waals surface area contributed by atoms with E-state index >= 15 is 0 Å². The summed E-state index contributed by atoms with van der Waals surface area (Å²) in [6, 6.07) is 9.06. The van der Waals surface area contributed by atoms with Crippen molar-refractivity contribution in [3.63, 3.8) is 0 Å². The Kier molecular flexibility index (Phi) is 3.04. The molecule has 1 aromatic carbocycles. The van der Waals surface area contributed by atoms with E-state index in [-0.39, 0.29) is 6.61 Å². The average Bonchev–Trinajstić information content (AvgIpc) is 2.73. The molecule has 0 aliphatic heterocycles. The fraction of sp³-hybridized carbons (Fsp3) is 0.182. The van der Waals surface area contributed by atoms with Gasteiger partial charge in [-0.05, 0) is 6.92 Å². The second kappa shape index (κ2) is 4.65.